The number of hydrogen-bond donors (Lipinski definition) is 0. The number of nitrogens with zero attached hydrogens (tertiary/aromatic N) is 2. The number of carbonyl (C=O) groups excluding carboxylic acids is 2. The summed E-state index contributed by atoms with van der Waals surface area (Å²) in [6.07, 6.45) is 3.55. The maximum Gasteiger partial charge on any atom is 0.305 e. The number of aryl methyl sites for hydroxylation is 1. The van der Waals surface area contributed by atoms with Crippen LogP contribution >= 0.6 is 0 Å². The number of amides is 1. The quantitative estimate of drug-likeness (QED) is 0.298. The van der Waals surface area contributed by atoms with Crippen molar-refractivity contribution in [2.75, 3.05) is 14.2 Å². The van der Waals surface area contributed by atoms with Crippen LogP contribution in [0.15, 0.2) is 46.9 Å². The maximum absolute atomic E-state index is 12.4. The van der Waals surface area contributed by atoms with E-state index < -0.39 is 4.92 Å². The third kappa shape index (κ3) is 5.54. The second kappa shape index (κ2) is 9.50. The third-order valence-corrected chi connectivity index (χ3v) is 4.37. The number of esters is 1. The predicted molar refractivity (Wildman–Crippen MR) is 102 cm³/mol. The number of ether oxygens (including phenoxy) is 1. The van der Waals surface area contributed by atoms with Gasteiger partial charge in [-0.3, -0.25) is 19.7 Å². The van der Waals surface area contributed by atoms with Gasteiger partial charge < -0.3 is 14.1 Å². The molecule has 0 unspecified atom stereocenters. The van der Waals surface area contributed by atoms with Crippen molar-refractivity contribution in [1.82, 2.24) is 4.90 Å². The van der Waals surface area contributed by atoms with Gasteiger partial charge in [0.2, 0.25) is 5.91 Å². The van der Waals surface area contributed by atoms with Gasteiger partial charge in [0.15, 0.2) is 0 Å². The molecule has 8 heteroatoms. The van der Waals surface area contributed by atoms with E-state index >= 15 is 0 Å². The molecule has 0 bridgehead atoms. The lowest BCUT2D eigenvalue weighted by Gasteiger charge is -2.24. The Morgan fingerprint density at radius 3 is 2.75 bits per heavy atom. The molecule has 0 saturated heterocycles. The number of benzene rings is 1. The molecule has 0 aliphatic rings. The van der Waals surface area contributed by atoms with Crippen LogP contribution in [0.5, 0.6) is 0 Å². The number of methoxy groups -OCH3 is 1. The number of nitro benzene ring substituents is 1. The Balaban J connectivity index is 1.99. The van der Waals surface area contributed by atoms with E-state index in [2.05, 4.69) is 4.74 Å². The molecule has 28 heavy (non-hydrogen) atoms. The molecule has 0 aliphatic heterocycles. The van der Waals surface area contributed by atoms with Crippen LogP contribution in [0, 0.1) is 10.1 Å². The third-order valence-electron chi connectivity index (χ3n) is 4.37. The summed E-state index contributed by atoms with van der Waals surface area (Å²) in [5.74, 6) is 0.521. The number of hydrogen-bond acceptors (Lipinski definition) is 6. The van der Waals surface area contributed by atoms with Crippen LogP contribution in [0.3, 0.4) is 0 Å². The zero-order valence-corrected chi connectivity index (χ0v) is 16.0. The van der Waals surface area contributed by atoms with Crippen molar-refractivity contribution in [1.29, 1.82) is 0 Å². The van der Waals surface area contributed by atoms with Gasteiger partial charge in [0, 0.05) is 31.7 Å². The molecule has 1 heterocycles. The number of furan rings is 1. The maximum atomic E-state index is 12.4. The van der Waals surface area contributed by atoms with Crippen LogP contribution in [0.1, 0.15) is 36.5 Å². The lowest BCUT2D eigenvalue weighted by Crippen LogP contribution is -2.28. The van der Waals surface area contributed by atoms with Gasteiger partial charge in [0.1, 0.15) is 11.5 Å². The Kier molecular flexibility index (Phi) is 7.08. The van der Waals surface area contributed by atoms with Crippen molar-refractivity contribution >= 4 is 23.6 Å². The van der Waals surface area contributed by atoms with Crippen LogP contribution in [-0.2, 0) is 20.7 Å². The Hall–Kier alpha value is -3.42. The Morgan fingerprint density at radius 2 is 2.07 bits per heavy atom. The van der Waals surface area contributed by atoms with Crippen molar-refractivity contribution in [3.05, 3.63) is 69.7 Å². The van der Waals surface area contributed by atoms with E-state index in [-0.39, 0.29) is 30.0 Å². The smallest absolute Gasteiger partial charge is 0.305 e. The van der Waals surface area contributed by atoms with E-state index in [9.17, 15) is 19.7 Å². The highest BCUT2D eigenvalue weighted by Crippen LogP contribution is 2.23. The zero-order chi connectivity index (χ0) is 20.7. The number of likely N-dealkylation sites (N-methyl/N-ethyl adjacent to an activating group) is 1. The first kappa shape index (κ1) is 20.9. The summed E-state index contributed by atoms with van der Waals surface area (Å²) in [6.45, 7) is 1.79. The fourth-order valence-corrected chi connectivity index (χ4v) is 2.53. The average molecular weight is 386 g/mol. The molecular formula is C20H22N2O6. The molecule has 1 atom stereocenters. The van der Waals surface area contributed by atoms with Gasteiger partial charge in [0.25, 0.3) is 5.69 Å². The minimum atomic E-state index is -0.466. The highest BCUT2D eigenvalue weighted by Gasteiger charge is 2.18. The molecule has 0 N–H and O–H groups in total. The standard InChI is InChI=1S/C20H22N2O6/c1-14(15-5-4-6-16(13-15)22(25)26)21(2)19(23)11-9-17-7-8-18(28-17)10-12-20(24)27-3/h4-9,11,13-14H,10,12H2,1-3H3/b11-9+/t14-/m0/s1. The summed E-state index contributed by atoms with van der Waals surface area (Å²) < 4.78 is 10.1. The summed E-state index contributed by atoms with van der Waals surface area (Å²) in [7, 11) is 2.95. The van der Waals surface area contributed by atoms with Crippen molar-refractivity contribution in [3.8, 4) is 0 Å². The number of nitro groups is 1. The second-order valence-electron chi connectivity index (χ2n) is 6.19. The molecule has 0 fully saturated rings. The van der Waals surface area contributed by atoms with E-state index in [1.807, 2.05) is 0 Å². The fraction of sp³-hybridized carbons (Fsp3) is 0.300. The first-order valence-corrected chi connectivity index (χ1v) is 8.66. The van der Waals surface area contributed by atoms with Crippen LogP contribution in [0.4, 0.5) is 5.69 Å². The first-order valence-electron chi connectivity index (χ1n) is 8.66. The van der Waals surface area contributed by atoms with Gasteiger partial charge in [-0.15, -0.1) is 0 Å². The van der Waals surface area contributed by atoms with Gasteiger partial charge in [-0.05, 0) is 30.7 Å². The summed E-state index contributed by atoms with van der Waals surface area (Å²) >= 11 is 0. The molecule has 1 amide bonds. The summed E-state index contributed by atoms with van der Waals surface area (Å²) in [5.41, 5.74) is 0.650. The molecular weight excluding hydrogens is 364 g/mol. The van der Waals surface area contributed by atoms with Gasteiger partial charge in [0.05, 0.1) is 24.5 Å². The molecule has 0 spiro atoms. The first-order chi connectivity index (χ1) is 13.3. The molecule has 8 nitrogen and oxygen atoms in total. The van der Waals surface area contributed by atoms with Crippen LogP contribution < -0.4 is 0 Å². The highest BCUT2D eigenvalue weighted by atomic mass is 16.6. The normalized spacial score (nSPS) is 12.0. The molecule has 0 aliphatic carbocycles. The lowest BCUT2D eigenvalue weighted by molar-refractivity contribution is -0.384. The van der Waals surface area contributed by atoms with Crippen molar-refractivity contribution in [3.63, 3.8) is 0 Å². The van der Waals surface area contributed by atoms with E-state index in [0.29, 0.717) is 23.5 Å². The Bertz CT molecular complexity index is 886. The van der Waals surface area contributed by atoms with Crippen molar-refractivity contribution in [2.24, 2.45) is 0 Å². The summed E-state index contributed by atoms with van der Waals surface area (Å²) in [4.78, 5) is 35.5. The average Bonchev–Trinajstić information content (AvgIpc) is 3.16. The van der Waals surface area contributed by atoms with E-state index in [4.69, 9.17) is 4.42 Å². The van der Waals surface area contributed by atoms with Crippen LogP contribution in [0.2, 0.25) is 0 Å². The Labute approximate surface area is 162 Å². The zero-order valence-electron chi connectivity index (χ0n) is 16.0. The van der Waals surface area contributed by atoms with Gasteiger partial charge in [-0.25, -0.2) is 0 Å². The second-order valence-corrected chi connectivity index (χ2v) is 6.19. The van der Waals surface area contributed by atoms with Gasteiger partial charge in [-0.2, -0.15) is 0 Å². The SMILES string of the molecule is COC(=O)CCc1ccc(/C=C/C(=O)N(C)[C@@H](C)c2cccc([N+](=O)[O-])c2)o1. The van der Waals surface area contributed by atoms with E-state index in [0.717, 1.165) is 0 Å². The van der Waals surface area contributed by atoms with Gasteiger partial charge >= 0.3 is 5.97 Å². The highest BCUT2D eigenvalue weighted by molar-refractivity contribution is 5.91. The minimum absolute atomic E-state index is 0.0178. The topological polar surface area (TPSA) is 103 Å². The molecule has 0 saturated carbocycles. The van der Waals surface area contributed by atoms with Crippen LogP contribution in [-0.4, -0.2) is 35.9 Å². The van der Waals surface area contributed by atoms with E-state index in [1.165, 1.54) is 30.2 Å². The van der Waals surface area contributed by atoms with Crippen molar-refractivity contribution in [2.45, 2.75) is 25.8 Å². The molecule has 0 radical (unpaired) electrons. The monoisotopic (exact) mass is 386 g/mol. The molecule has 1 aromatic carbocycles. The predicted octanol–water partition coefficient (Wildman–Crippen LogP) is 3.53. The van der Waals surface area contributed by atoms with Gasteiger partial charge in [-0.1, -0.05) is 12.1 Å². The van der Waals surface area contributed by atoms with Crippen LogP contribution in [0.25, 0.3) is 6.08 Å². The number of carbonyl (C=O) groups is 2. The van der Waals surface area contributed by atoms with E-state index in [1.54, 1.807) is 44.3 Å². The minimum Gasteiger partial charge on any atom is -0.469 e. The fourth-order valence-electron chi connectivity index (χ4n) is 2.53. The Morgan fingerprint density at radius 1 is 1.32 bits per heavy atom. The largest absolute Gasteiger partial charge is 0.469 e. The van der Waals surface area contributed by atoms with Crippen molar-refractivity contribution < 1.29 is 23.7 Å². The molecule has 148 valence electrons. The lowest BCUT2D eigenvalue weighted by atomic mass is 10.1. The number of non-ortho nitro benzene ring substituents is 1. The number of rotatable bonds is 8. The molecule has 2 rings (SSSR count). The summed E-state index contributed by atoms with van der Waals surface area (Å²) in [5, 5.41) is 10.9. The summed E-state index contributed by atoms with van der Waals surface area (Å²) in [6, 6.07) is 9.31. The molecule has 2 aromatic rings. The molecule has 1 aromatic heterocycles.